The van der Waals surface area contributed by atoms with Crippen molar-refractivity contribution in [1.29, 1.82) is 0 Å². The summed E-state index contributed by atoms with van der Waals surface area (Å²) in [6.07, 6.45) is 8.76. The van der Waals surface area contributed by atoms with Crippen molar-refractivity contribution >= 4 is 0 Å². The van der Waals surface area contributed by atoms with Gasteiger partial charge >= 0.3 is 0 Å². The number of aliphatic hydroxyl groups is 2. The Morgan fingerprint density at radius 1 is 0.710 bits per heavy atom. The van der Waals surface area contributed by atoms with E-state index in [0.29, 0.717) is 19.6 Å². The van der Waals surface area contributed by atoms with E-state index in [4.69, 9.17) is 19.3 Å². The fraction of sp³-hybridized carbons (Fsp3) is 0.769. The zero-order valence-electron chi connectivity index (χ0n) is 20.2. The molecule has 0 aliphatic heterocycles. The maximum atomic E-state index is 10.3. The Kier molecular flexibility index (Phi) is 15.9. The van der Waals surface area contributed by atoms with Crippen molar-refractivity contribution in [3.63, 3.8) is 0 Å². The summed E-state index contributed by atoms with van der Waals surface area (Å²) < 4.78 is 16.9. The van der Waals surface area contributed by atoms with Gasteiger partial charge in [-0.2, -0.15) is 0 Å². The second-order valence-electron chi connectivity index (χ2n) is 8.81. The highest BCUT2D eigenvalue weighted by molar-refractivity contribution is 5.23. The fourth-order valence-corrected chi connectivity index (χ4v) is 3.31. The van der Waals surface area contributed by atoms with Crippen LogP contribution in [0.25, 0.3) is 0 Å². The summed E-state index contributed by atoms with van der Waals surface area (Å²) in [5.74, 6) is 0. The van der Waals surface area contributed by atoms with Crippen LogP contribution in [0.1, 0.15) is 77.3 Å². The van der Waals surface area contributed by atoms with Crippen LogP contribution < -0.4 is 0 Å². The lowest BCUT2D eigenvalue weighted by Gasteiger charge is -2.20. The first-order chi connectivity index (χ1) is 14.9. The predicted molar refractivity (Wildman–Crippen MR) is 127 cm³/mol. The fourth-order valence-electron chi connectivity index (χ4n) is 3.31. The summed E-state index contributed by atoms with van der Waals surface area (Å²) >= 11 is 0. The number of rotatable bonds is 19. The first-order valence-corrected chi connectivity index (χ1v) is 12.2. The first-order valence-electron chi connectivity index (χ1n) is 12.2. The number of hydrogen-bond donors (Lipinski definition) is 2. The molecular formula is C26H46O5. The minimum atomic E-state index is -0.530. The number of benzene rings is 1. The maximum Gasteiger partial charge on any atom is 0.0814 e. The molecule has 0 aliphatic carbocycles. The van der Waals surface area contributed by atoms with Gasteiger partial charge in [0.05, 0.1) is 50.8 Å². The summed E-state index contributed by atoms with van der Waals surface area (Å²) in [4.78, 5) is 0. The summed E-state index contributed by atoms with van der Waals surface area (Å²) in [5.41, 5.74) is 2.51. The molecule has 0 fully saturated rings. The molecule has 0 radical (unpaired) electrons. The van der Waals surface area contributed by atoms with E-state index < -0.39 is 6.10 Å². The smallest absolute Gasteiger partial charge is 0.0814 e. The Hall–Kier alpha value is -0.980. The van der Waals surface area contributed by atoms with Crippen molar-refractivity contribution in [3.05, 3.63) is 35.4 Å². The highest BCUT2D eigenvalue weighted by atomic mass is 16.6. The SMILES string of the molecule is CCCCCCCCc1ccc(CC(O)COC(C)COC(C)COC(C)CO)cc1. The van der Waals surface area contributed by atoms with Gasteiger partial charge in [0.1, 0.15) is 0 Å². The van der Waals surface area contributed by atoms with Crippen LogP contribution in [0.3, 0.4) is 0 Å². The standard InChI is InChI=1S/C26H46O5/c1-5-6-7-8-9-10-11-24-12-14-25(15-13-24)16-26(28)20-31-23(4)19-30-22(3)18-29-21(2)17-27/h12-15,21-23,26-28H,5-11,16-20H2,1-4H3. The maximum absolute atomic E-state index is 10.3. The molecular weight excluding hydrogens is 392 g/mol. The van der Waals surface area contributed by atoms with Crippen molar-refractivity contribution in [1.82, 2.24) is 0 Å². The second-order valence-corrected chi connectivity index (χ2v) is 8.81. The lowest BCUT2D eigenvalue weighted by atomic mass is 10.0. The van der Waals surface area contributed by atoms with E-state index in [0.717, 1.165) is 12.0 Å². The molecule has 4 atom stereocenters. The Labute approximate surface area is 190 Å². The van der Waals surface area contributed by atoms with Gasteiger partial charge in [-0.3, -0.25) is 0 Å². The average molecular weight is 439 g/mol. The molecule has 1 rings (SSSR count). The lowest BCUT2D eigenvalue weighted by molar-refractivity contribution is -0.0837. The van der Waals surface area contributed by atoms with Crippen molar-refractivity contribution in [2.75, 3.05) is 26.4 Å². The topological polar surface area (TPSA) is 68.2 Å². The number of aliphatic hydroxyl groups excluding tert-OH is 2. The molecule has 31 heavy (non-hydrogen) atoms. The molecule has 1 aromatic carbocycles. The summed E-state index contributed by atoms with van der Waals surface area (Å²) in [5, 5.41) is 19.3. The largest absolute Gasteiger partial charge is 0.394 e. The van der Waals surface area contributed by atoms with E-state index in [9.17, 15) is 5.11 Å². The molecule has 0 amide bonds. The van der Waals surface area contributed by atoms with Crippen LogP contribution in [0, 0.1) is 0 Å². The number of unbranched alkanes of at least 4 members (excludes halogenated alkanes) is 5. The van der Waals surface area contributed by atoms with E-state index in [1.807, 2.05) is 20.8 Å². The third kappa shape index (κ3) is 14.7. The molecule has 1 aromatic rings. The molecule has 0 aliphatic rings. The third-order valence-electron chi connectivity index (χ3n) is 5.37. The van der Waals surface area contributed by atoms with E-state index in [1.54, 1.807) is 0 Å². The molecule has 4 unspecified atom stereocenters. The van der Waals surface area contributed by atoms with Gasteiger partial charge in [0, 0.05) is 6.42 Å². The highest BCUT2D eigenvalue weighted by Crippen LogP contribution is 2.12. The molecule has 0 saturated heterocycles. The van der Waals surface area contributed by atoms with Gasteiger partial charge in [0.25, 0.3) is 0 Å². The molecule has 0 heterocycles. The van der Waals surface area contributed by atoms with Crippen LogP contribution in [0.5, 0.6) is 0 Å². The van der Waals surface area contributed by atoms with Crippen LogP contribution >= 0.6 is 0 Å². The van der Waals surface area contributed by atoms with Crippen LogP contribution in [0.2, 0.25) is 0 Å². The van der Waals surface area contributed by atoms with Crippen molar-refractivity contribution < 1.29 is 24.4 Å². The Balaban J connectivity index is 2.17. The normalized spacial score (nSPS) is 15.5. The summed E-state index contributed by atoms with van der Waals surface area (Å²) in [6, 6.07) is 8.62. The molecule has 180 valence electrons. The third-order valence-corrected chi connectivity index (χ3v) is 5.37. The van der Waals surface area contributed by atoms with Crippen LogP contribution in [0.15, 0.2) is 24.3 Å². The Bertz CT molecular complexity index is 533. The molecule has 2 N–H and O–H groups in total. The number of ether oxygens (including phenoxy) is 3. The van der Waals surface area contributed by atoms with Gasteiger partial charge in [-0.25, -0.2) is 0 Å². The van der Waals surface area contributed by atoms with Gasteiger partial charge in [-0.15, -0.1) is 0 Å². The highest BCUT2D eigenvalue weighted by Gasteiger charge is 2.12. The van der Waals surface area contributed by atoms with E-state index in [1.165, 1.54) is 44.1 Å². The first kappa shape index (κ1) is 28.1. The Morgan fingerprint density at radius 2 is 1.23 bits per heavy atom. The molecule has 0 spiro atoms. The van der Waals surface area contributed by atoms with E-state index >= 15 is 0 Å². The molecule has 5 heteroatoms. The lowest BCUT2D eigenvalue weighted by Crippen LogP contribution is -2.28. The van der Waals surface area contributed by atoms with Crippen molar-refractivity contribution in [2.45, 2.75) is 103 Å². The zero-order valence-corrected chi connectivity index (χ0v) is 20.2. The van der Waals surface area contributed by atoms with Crippen LogP contribution in [-0.2, 0) is 27.1 Å². The van der Waals surface area contributed by atoms with E-state index in [-0.39, 0.29) is 31.5 Å². The van der Waals surface area contributed by atoms with Crippen LogP contribution in [-0.4, -0.2) is 61.1 Å². The van der Waals surface area contributed by atoms with Gasteiger partial charge < -0.3 is 24.4 Å². The zero-order chi connectivity index (χ0) is 22.9. The number of aryl methyl sites for hydroxylation is 1. The van der Waals surface area contributed by atoms with Gasteiger partial charge in [-0.05, 0) is 44.7 Å². The van der Waals surface area contributed by atoms with Gasteiger partial charge in [-0.1, -0.05) is 63.3 Å². The number of hydrogen-bond acceptors (Lipinski definition) is 5. The molecule has 5 nitrogen and oxygen atoms in total. The molecule has 0 bridgehead atoms. The van der Waals surface area contributed by atoms with Gasteiger partial charge in [0.2, 0.25) is 0 Å². The molecule has 0 aromatic heterocycles. The van der Waals surface area contributed by atoms with Crippen LogP contribution in [0.4, 0.5) is 0 Å². The second kappa shape index (κ2) is 17.6. The van der Waals surface area contributed by atoms with E-state index in [2.05, 4.69) is 31.2 Å². The van der Waals surface area contributed by atoms with Gasteiger partial charge in [0.15, 0.2) is 0 Å². The van der Waals surface area contributed by atoms with Crippen molar-refractivity contribution in [3.8, 4) is 0 Å². The van der Waals surface area contributed by atoms with Crippen molar-refractivity contribution in [2.24, 2.45) is 0 Å². The minimum Gasteiger partial charge on any atom is -0.394 e. The summed E-state index contributed by atoms with van der Waals surface area (Å²) in [7, 11) is 0. The summed E-state index contributed by atoms with van der Waals surface area (Å²) in [6.45, 7) is 9.12. The Morgan fingerprint density at radius 3 is 1.84 bits per heavy atom. The minimum absolute atomic E-state index is 0.00593. The predicted octanol–water partition coefficient (Wildman–Crippen LogP) is 4.70. The molecule has 0 saturated carbocycles. The monoisotopic (exact) mass is 438 g/mol. The quantitative estimate of drug-likeness (QED) is 0.306. The average Bonchev–Trinajstić information content (AvgIpc) is 2.78.